The first kappa shape index (κ1) is 7.26. The van der Waals surface area contributed by atoms with Crippen molar-refractivity contribution < 1.29 is 5.11 Å². The normalized spacial score (nSPS) is 12.9. The Morgan fingerprint density at radius 1 is 1.62 bits per heavy atom. The van der Waals surface area contributed by atoms with E-state index in [4.69, 9.17) is 5.11 Å². The lowest BCUT2D eigenvalue weighted by Gasteiger charge is -1.87. The van der Waals surface area contributed by atoms with Gasteiger partial charge in [-0.05, 0) is 26.0 Å². The highest BCUT2D eigenvalue weighted by atomic mass is 16.3. The highest BCUT2D eigenvalue weighted by Gasteiger charge is 1.79. The molecule has 0 aliphatic rings. The maximum atomic E-state index is 8.62. The van der Waals surface area contributed by atoms with Crippen LogP contribution in [0.2, 0.25) is 0 Å². The number of hydrogen-bond acceptors (Lipinski definition) is 1. The van der Waals surface area contributed by atoms with E-state index in [1.807, 2.05) is 0 Å². The van der Waals surface area contributed by atoms with Crippen molar-refractivity contribution in [2.24, 2.45) is 0 Å². The minimum Gasteiger partial charge on any atom is -0.389 e. The molecule has 1 nitrogen and oxygen atoms in total. The highest BCUT2D eigenvalue weighted by Crippen LogP contribution is 1.79. The predicted molar refractivity (Wildman–Crippen MR) is 34.3 cm³/mol. The van der Waals surface area contributed by atoms with Crippen LogP contribution in [0.5, 0.6) is 0 Å². The van der Waals surface area contributed by atoms with E-state index in [1.165, 1.54) is 0 Å². The Kier molecular flexibility index (Phi) is 4.01. The smallest absolute Gasteiger partial charge is 0.0701 e. The molecule has 1 atom stereocenters. The second-order valence-electron chi connectivity index (χ2n) is 1.49. The number of aliphatic hydroxyl groups excluding tert-OH is 1. The van der Waals surface area contributed by atoms with Gasteiger partial charge in [0.2, 0.25) is 0 Å². The first-order chi connectivity index (χ1) is 3.77. The van der Waals surface area contributed by atoms with Crippen LogP contribution in [0.1, 0.15) is 13.8 Å². The summed E-state index contributed by atoms with van der Waals surface area (Å²) >= 11 is 0. The van der Waals surface area contributed by atoms with Gasteiger partial charge in [0.25, 0.3) is 0 Å². The third-order valence-electron chi connectivity index (χ3n) is 0.602. The second kappa shape index (κ2) is 4.42. The van der Waals surface area contributed by atoms with E-state index in [2.05, 4.69) is 11.8 Å². The van der Waals surface area contributed by atoms with Crippen LogP contribution in [0.3, 0.4) is 0 Å². The fourth-order valence-corrected chi connectivity index (χ4v) is 0.271. The summed E-state index contributed by atoms with van der Waals surface area (Å²) in [5, 5.41) is 8.62. The molecule has 1 N–H and O–H groups in total. The zero-order valence-electron chi connectivity index (χ0n) is 5.18. The summed E-state index contributed by atoms with van der Waals surface area (Å²) in [5.41, 5.74) is 0. The Morgan fingerprint density at radius 2 is 2.25 bits per heavy atom. The molecule has 0 saturated heterocycles. The number of allylic oxidation sites excluding steroid dienone is 1. The average molecular weight is 110 g/mol. The van der Waals surface area contributed by atoms with E-state index < -0.39 is 0 Å². The molecule has 1 unspecified atom stereocenters. The zero-order valence-corrected chi connectivity index (χ0v) is 5.18. The molecule has 0 aromatic heterocycles. The van der Waals surface area contributed by atoms with E-state index in [0.717, 1.165) is 0 Å². The van der Waals surface area contributed by atoms with Crippen molar-refractivity contribution in [3.63, 3.8) is 0 Å². The SMILES string of the molecule is CC#C/C=C/C(C)O. The monoisotopic (exact) mass is 110 g/mol. The molecule has 0 aliphatic carbocycles. The van der Waals surface area contributed by atoms with Gasteiger partial charge in [0.05, 0.1) is 6.10 Å². The summed E-state index contributed by atoms with van der Waals surface area (Å²) in [6.07, 6.45) is 2.90. The van der Waals surface area contributed by atoms with Gasteiger partial charge in [-0.1, -0.05) is 5.92 Å². The van der Waals surface area contributed by atoms with E-state index in [0.29, 0.717) is 0 Å². The summed E-state index contributed by atoms with van der Waals surface area (Å²) in [6, 6.07) is 0. The molecule has 0 saturated carbocycles. The molecule has 8 heavy (non-hydrogen) atoms. The molecule has 0 aromatic rings. The van der Waals surface area contributed by atoms with Crippen LogP contribution in [-0.4, -0.2) is 11.2 Å². The topological polar surface area (TPSA) is 20.2 Å². The lowest BCUT2D eigenvalue weighted by atomic mass is 10.3. The van der Waals surface area contributed by atoms with Crippen LogP contribution in [-0.2, 0) is 0 Å². The maximum Gasteiger partial charge on any atom is 0.0701 e. The summed E-state index contributed by atoms with van der Waals surface area (Å²) in [7, 11) is 0. The largest absolute Gasteiger partial charge is 0.389 e. The molecular formula is C7H10O. The third kappa shape index (κ3) is 5.26. The van der Waals surface area contributed by atoms with E-state index in [-0.39, 0.29) is 6.10 Å². The molecule has 0 rings (SSSR count). The van der Waals surface area contributed by atoms with Crippen LogP contribution in [0, 0.1) is 11.8 Å². The van der Waals surface area contributed by atoms with Gasteiger partial charge in [-0.25, -0.2) is 0 Å². The van der Waals surface area contributed by atoms with Crippen LogP contribution < -0.4 is 0 Å². The van der Waals surface area contributed by atoms with Crippen molar-refractivity contribution in [3.8, 4) is 11.8 Å². The fourth-order valence-electron chi connectivity index (χ4n) is 0.271. The van der Waals surface area contributed by atoms with Crippen molar-refractivity contribution in [2.75, 3.05) is 0 Å². The van der Waals surface area contributed by atoms with Gasteiger partial charge in [0.15, 0.2) is 0 Å². The van der Waals surface area contributed by atoms with Crippen molar-refractivity contribution in [1.82, 2.24) is 0 Å². The van der Waals surface area contributed by atoms with Crippen LogP contribution in [0.4, 0.5) is 0 Å². The van der Waals surface area contributed by atoms with Crippen LogP contribution in [0.15, 0.2) is 12.2 Å². The van der Waals surface area contributed by atoms with E-state index >= 15 is 0 Å². The molecule has 44 valence electrons. The van der Waals surface area contributed by atoms with E-state index in [9.17, 15) is 0 Å². The first-order valence-electron chi connectivity index (χ1n) is 2.54. The van der Waals surface area contributed by atoms with Gasteiger partial charge >= 0.3 is 0 Å². The maximum absolute atomic E-state index is 8.62. The average Bonchev–Trinajstić information content (AvgIpc) is 1.66. The molecule has 1 heteroatoms. The van der Waals surface area contributed by atoms with Gasteiger partial charge in [-0.15, -0.1) is 5.92 Å². The quantitative estimate of drug-likeness (QED) is 0.498. The molecule has 0 fully saturated rings. The first-order valence-corrected chi connectivity index (χ1v) is 2.54. The van der Waals surface area contributed by atoms with Gasteiger partial charge < -0.3 is 5.11 Å². The van der Waals surface area contributed by atoms with Crippen molar-refractivity contribution >= 4 is 0 Å². The Morgan fingerprint density at radius 3 is 2.62 bits per heavy atom. The molecule has 0 amide bonds. The minimum absolute atomic E-state index is 0.379. The second-order valence-corrected chi connectivity index (χ2v) is 1.49. The molecule has 0 spiro atoms. The summed E-state index contributed by atoms with van der Waals surface area (Å²) in [4.78, 5) is 0. The molecule has 0 bridgehead atoms. The molecule has 0 aromatic carbocycles. The third-order valence-corrected chi connectivity index (χ3v) is 0.602. The standard InChI is InChI=1S/C7H10O/c1-3-4-5-6-7(2)8/h5-8H,1-2H3/b6-5+. The van der Waals surface area contributed by atoms with Crippen LogP contribution in [0.25, 0.3) is 0 Å². The Hall–Kier alpha value is -0.740. The van der Waals surface area contributed by atoms with Crippen LogP contribution >= 0.6 is 0 Å². The van der Waals surface area contributed by atoms with E-state index in [1.54, 1.807) is 26.0 Å². The summed E-state index contributed by atoms with van der Waals surface area (Å²) in [6.45, 7) is 3.44. The molecule has 0 aliphatic heterocycles. The van der Waals surface area contributed by atoms with Crippen molar-refractivity contribution in [1.29, 1.82) is 0 Å². The highest BCUT2D eigenvalue weighted by molar-refractivity contribution is 5.14. The Labute approximate surface area is 50.0 Å². The summed E-state index contributed by atoms with van der Waals surface area (Å²) < 4.78 is 0. The number of rotatable bonds is 1. The fraction of sp³-hybridized carbons (Fsp3) is 0.429. The minimum atomic E-state index is -0.379. The van der Waals surface area contributed by atoms with Gasteiger partial charge in [0.1, 0.15) is 0 Å². The number of aliphatic hydroxyl groups is 1. The Balaban J connectivity index is 3.45. The van der Waals surface area contributed by atoms with Gasteiger partial charge in [0, 0.05) is 0 Å². The zero-order chi connectivity index (χ0) is 6.41. The molecule has 0 heterocycles. The predicted octanol–water partition coefficient (Wildman–Crippen LogP) is 0.947. The van der Waals surface area contributed by atoms with Gasteiger partial charge in [-0.2, -0.15) is 0 Å². The van der Waals surface area contributed by atoms with Gasteiger partial charge in [-0.3, -0.25) is 0 Å². The number of hydrogen-bond donors (Lipinski definition) is 1. The molecule has 0 radical (unpaired) electrons. The van der Waals surface area contributed by atoms with Crippen molar-refractivity contribution in [3.05, 3.63) is 12.2 Å². The summed E-state index contributed by atoms with van der Waals surface area (Å²) in [5.74, 6) is 5.36. The lowest BCUT2D eigenvalue weighted by Crippen LogP contribution is -1.90. The Bertz CT molecular complexity index is 123. The van der Waals surface area contributed by atoms with Crippen molar-refractivity contribution in [2.45, 2.75) is 20.0 Å². The molecular weight excluding hydrogens is 100 g/mol. The lowest BCUT2D eigenvalue weighted by molar-refractivity contribution is 0.244.